The fourth-order valence-corrected chi connectivity index (χ4v) is 2.18. The van der Waals surface area contributed by atoms with E-state index in [1.165, 1.54) is 0 Å². The number of aryl methyl sites for hydroxylation is 3. The first kappa shape index (κ1) is 14.0. The van der Waals surface area contributed by atoms with Crippen LogP contribution in [-0.4, -0.2) is 14.7 Å². The van der Waals surface area contributed by atoms with Gasteiger partial charge >= 0.3 is 0 Å². The Kier molecular flexibility index (Phi) is 3.74. The van der Waals surface area contributed by atoms with Crippen LogP contribution in [0.25, 0.3) is 0 Å². The monoisotopic (exact) mass is 274 g/mol. The van der Waals surface area contributed by atoms with Gasteiger partial charge in [-0.25, -0.2) is 0 Å². The van der Waals surface area contributed by atoms with E-state index in [0.717, 1.165) is 22.6 Å². The average Bonchev–Trinajstić information content (AvgIpc) is 2.62. The van der Waals surface area contributed by atoms with E-state index in [2.05, 4.69) is 10.4 Å². The predicted molar refractivity (Wildman–Crippen MR) is 77.8 cm³/mol. The van der Waals surface area contributed by atoms with E-state index in [4.69, 9.17) is 0 Å². The first-order chi connectivity index (χ1) is 9.40. The van der Waals surface area contributed by atoms with Gasteiger partial charge in [0.1, 0.15) is 0 Å². The zero-order valence-corrected chi connectivity index (χ0v) is 12.1. The van der Waals surface area contributed by atoms with E-state index in [0.29, 0.717) is 12.1 Å². The second-order valence-electron chi connectivity index (χ2n) is 4.88. The Morgan fingerprint density at radius 3 is 2.60 bits per heavy atom. The highest BCUT2D eigenvalue weighted by Crippen LogP contribution is 2.23. The van der Waals surface area contributed by atoms with Crippen molar-refractivity contribution in [3.05, 3.63) is 50.8 Å². The zero-order valence-electron chi connectivity index (χ0n) is 12.1. The lowest BCUT2D eigenvalue weighted by Gasteiger charge is -2.08. The molecule has 6 nitrogen and oxygen atoms in total. The summed E-state index contributed by atoms with van der Waals surface area (Å²) < 4.78 is 1.84. The molecule has 0 unspecified atom stereocenters. The second-order valence-corrected chi connectivity index (χ2v) is 4.88. The summed E-state index contributed by atoms with van der Waals surface area (Å²) in [6.07, 6.45) is 0. The van der Waals surface area contributed by atoms with E-state index >= 15 is 0 Å². The molecule has 0 saturated carbocycles. The molecule has 0 aliphatic rings. The van der Waals surface area contributed by atoms with Crippen LogP contribution in [0.2, 0.25) is 0 Å². The minimum absolute atomic E-state index is 0.134. The number of aromatic nitrogens is 2. The molecule has 20 heavy (non-hydrogen) atoms. The van der Waals surface area contributed by atoms with Crippen LogP contribution >= 0.6 is 0 Å². The highest BCUT2D eigenvalue weighted by Gasteiger charge is 2.12. The molecule has 0 aliphatic carbocycles. The normalized spacial score (nSPS) is 10.6. The summed E-state index contributed by atoms with van der Waals surface area (Å²) >= 11 is 0. The van der Waals surface area contributed by atoms with Crippen molar-refractivity contribution in [1.29, 1.82) is 0 Å². The number of nitrogens with zero attached hydrogens (tertiary/aromatic N) is 3. The molecule has 0 spiro atoms. The number of benzene rings is 1. The minimum Gasteiger partial charge on any atom is -0.381 e. The maximum Gasteiger partial charge on any atom is 0.274 e. The van der Waals surface area contributed by atoms with Gasteiger partial charge < -0.3 is 5.32 Å². The molecular weight excluding hydrogens is 256 g/mol. The van der Waals surface area contributed by atoms with Gasteiger partial charge in [-0.15, -0.1) is 0 Å². The van der Waals surface area contributed by atoms with Gasteiger partial charge in [0.2, 0.25) is 0 Å². The maximum absolute atomic E-state index is 10.9. The highest BCUT2D eigenvalue weighted by molar-refractivity contribution is 5.55. The third-order valence-corrected chi connectivity index (χ3v) is 3.53. The third-order valence-electron chi connectivity index (χ3n) is 3.53. The average molecular weight is 274 g/mol. The van der Waals surface area contributed by atoms with Gasteiger partial charge in [0.25, 0.3) is 5.69 Å². The summed E-state index contributed by atoms with van der Waals surface area (Å²) in [5, 5.41) is 18.5. The van der Waals surface area contributed by atoms with Crippen LogP contribution in [0.15, 0.2) is 18.2 Å². The zero-order chi connectivity index (χ0) is 14.9. The lowest BCUT2D eigenvalue weighted by Crippen LogP contribution is -2.03. The molecule has 6 heteroatoms. The van der Waals surface area contributed by atoms with E-state index in [9.17, 15) is 10.1 Å². The topological polar surface area (TPSA) is 73.0 Å². The fourth-order valence-electron chi connectivity index (χ4n) is 2.18. The number of hydrogen-bond donors (Lipinski definition) is 1. The van der Waals surface area contributed by atoms with Crippen LogP contribution in [-0.2, 0) is 13.6 Å². The number of nitro groups is 1. The summed E-state index contributed by atoms with van der Waals surface area (Å²) in [4.78, 5) is 10.6. The maximum atomic E-state index is 10.9. The van der Waals surface area contributed by atoms with Gasteiger partial charge in [-0.05, 0) is 26.8 Å². The molecule has 1 N–H and O–H groups in total. The summed E-state index contributed by atoms with van der Waals surface area (Å²) in [6.45, 7) is 6.30. The van der Waals surface area contributed by atoms with Crippen LogP contribution in [0.5, 0.6) is 0 Å². The first-order valence-corrected chi connectivity index (χ1v) is 6.38. The van der Waals surface area contributed by atoms with Crippen LogP contribution < -0.4 is 5.32 Å². The number of nitro benzene ring substituents is 1. The molecule has 0 bridgehead atoms. The molecule has 0 atom stereocenters. The van der Waals surface area contributed by atoms with E-state index in [1.54, 1.807) is 19.1 Å². The lowest BCUT2D eigenvalue weighted by atomic mass is 10.1. The van der Waals surface area contributed by atoms with Gasteiger partial charge in [-0.3, -0.25) is 14.8 Å². The van der Waals surface area contributed by atoms with Gasteiger partial charge in [0, 0.05) is 42.2 Å². The summed E-state index contributed by atoms with van der Waals surface area (Å²) in [5.41, 5.74) is 4.72. The highest BCUT2D eigenvalue weighted by atomic mass is 16.6. The van der Waals surface area contributed by atoms with Crippen molar-refractivity contribution in [2.24, 2.45) is 7.05 Å². The molecule has 0 radical (unpaired) electrons. The van der Waals surface area contributed by atoms with Gasteiger partial charge in [0.05, 0.1) is 10.6 Å². The SMILES string of the molecule is Cc1ccc(NCc2c(C)nn(C)c2C)cc1[N+](=O)[O-]. The molecular formula is C14H18N4O2. The Labute approximate surface area is 117 Å². The second kappa shape index (κ2) is 5.32. The van der Waals surface area contributed by atoms with Gasteiger partial charge in [0.15, 0.2) is 0 Å². The summed E-state index contributed by atoms with van der Waals surface area (Å²) in [5.74, 6) is 0. The number of anilines is 1. The molecule has 2 rings (SSSR count). The Hall–Kier alpha value is -2.37. The standard InChI is InChI=1S/C14H18N4O2/c1-9-5-6-12(7-14(9)18(19)20)15-8-13-10(2)16-17(4)11(13)3/h5-7,15H,8H2,1-4H3. The van der Waals surface area contributed by atoms with Crippen molar-refractivity contribution in [2.45, 2.75) is 27.3 Å². The van der Waals surface area contributed by atoms with Gasteiger partial charge in [-0.2, -0.15) is 5.10 Å². The van der Waals surface area contributed by atoms with Crippen LogP contribution in [0.1, 0.15) is 22.5 Å². The summed E-state index contributed by atoms with van der Waals surface area (Å²) in [6, 6.07) is 5.17. The Morgan fingerprint density at radius 2 is 2.05 bits per heavy atom. The van der Waals surface area contributed by atoms with Gasteiger partial charge in [-0.1, -0.05) is 6.07 Å². The number of hydrogen-bond acceptors (Lipinski definition) is 4. The predicted octanol–water partition coefficient (Wildman–Crippen LogP) is 2.87. The van der Waals surface area contributed by atoms with Crippen LogP contribution in [0, 0.1) is 30.9 Å². The Morgan fingerprint density at radius 1 is 1.35 bits per heavy atom. The molecule has 0 fully saturated rings. The van der Waals surface area contributed by atoms with Crippen LogP contribution in [0.4, 0.5) is 11.4 Å². The van der Waals surface area contributed by atoms with E-state index in [1.807, 2.05) is 31.6 Å². The molecule has 0 aliphatic heterocycles. The molecule has 1 aromatic carbocycles. The molecule has 0 amide bonds. The number of nitrogens with one attached hydrogen (secondary N) is 1. The van der Waals surface area contributed by atoms with Crippen molar-refractivity contribution >= 4 is 11.4 Å². The Balaban J connectivity index is 2.19. The number of rotatable bonds is 4. The van der Waals surface area contributed by atoms with Crippen molar-refractivity contribution in [3.8, 4) is 0 Å². The molecule has 2 aromatic rings. The largest absolute Gasteiger partial charge is 0.381 e. The summed E-state index contributed by atoms with van der Waals surface area (Å²) in [7, 11) is 1.91. The van der Waals surface area contributed by atoms with E-state index < -0.39 is 0 Å². The first-order valence-electron chi connectivity index (χ1n) is 6.38. The van der Waals surface area contributed by atoms with E-state index in [-0.39, 0.29) is 10.6 Å². The van der Waals surface area contributed by atoms with Crippen molar-refractivity contribution in [2.75, 3.05) is 5.32 Å². The lowest BCUT2D eigenvalue weighted by molar-refractivity contribution is -0.385. The van der Waals surface area contributed by atoms with Crippen molar-refractivity contribution in [3.63, 3.8) is 0 Å². The molecule has 1 heterocycles. The Bertz CT molecular complexity index is 661. The van der Waals surface area contributed by atoms with Crippen molar-refractivity contribution in [1.82, 2.24) is 9.78 Å². The molecule has 0 saturated heterocycles. The quantitative estimate of drug-likeness (QED) is 0.687. The van der Waals surface area contributed by atoms with Crippen LogP contribution in [0.3, 0.4) is 0 Å². The minimum atomic E-state index is -0.360. The smallest absolute Gasteiger partial charge is 0.274 e. The van der Waals surface area contributed by atoms with Crippen molar-refractivity contribution < 1.29 is 4.92 Å². The molecule has 106 valence electrons. The fraction of sp³-hybridized carbons (Fsp3) is 0.357. The molecule has 1 aromatic heterocycles. The third kappa shape index (κ3) is 2.64.